The van der Waals surface area contributed by atoms with E-state index in [1.165, 1.54) is 37.5 Å². The molecule has 0 saturated carbocycles. The zero-order valence-electron chi connectivity index (χ0n) is 39.3. The van der Waals surface area contributed by atoms with E-state index < -0.39 is 0 Å². The Morgan fingerprint density at radius 3 is 1.24 bits per heavy atom. The predicted octanol–water partition coefficient (Wildman–Crippen LogP) is 9.96. The van der Waals surface area contributed by atoms with Crippen LogP contribution < -0.4 is 0 Å². The van der Waals surface area contributed by atoms with Gasteiger partial charge in [0, 0.05) is 135 Å². The van der Waals surface area contributed by atoms with Crippen molar-refractivity contribution in [3.05, 3.63) is 118 Å². The van der Waals surface area contributed by atoms with E-state index in [0.29, 0.717) is 50.5 Å². The fraction of sp³-hybridized carbons (Fsp3) is 0.250. The molecule has 14 nitrogen and oxygen atoms in total. The van der Waals surface area contributed by atoms with Gasteiger partial charge in [0.25, 0.3) is 11.8 Å². The molecule has 0 saturated heterocycles. The molecule has 4 amide bonds. The first kappa shape index (κ1) is 43.3. The molecule has 2 unspecified atom stereocenters. The number of fused-ring (bicyclic) bond motifs is 18. The highest BCUT2D eigenvalue weighted by atomic mass is 79.9. The van der Waals surface area contributed by atoms with Crippen LogP contribution in [0.25, 0.3) is 87.2 Å². The molecule has 6 aromatic carbocycles. The molecule has 354 valence electrons. The van der Waals surface area contributed by atoms with Crippen molar-refractivity contribution in [2.45, 2.75) is 67.0 Å². The van der Waals surface area contributed by atoms with Crippen molar-refractivity contribution in [3.63, 3.8) is 0 Å². The third kappa shape index (κ3) is 6.11. The summed E-state index contributed by atoms with van der Waals surface area (Å²) in [6, 6.07) is 30.7. The number of esters is 2. The lowest BCUT2D eigenvalue weighted by atomic mass is 9.97. The highest BCUT2D eigenvalue weighted by Crippen LogP contribution is 2.50. The molecule has 14 rings (SSSR count). The first-order valence-electron chi connectivity index (χ1n) is 23.9. The summed E-state index contributed by atoms with van der Waals surface area (Å²) in [4.78, 5) is 78.3. The molecule has 2 atom stereocenters. The van der Waals surface area contributed by atoms with Crippen LogP contribution in [0, 0.1) is 11.8 Å². The largest absolute Gasteiger partial charge is 0.465 e. The van der Waals surface area contributed by atoms with Gasteiger partial charge in [-0.3, -0.25) is 38.6 Å². The summed E-state index contributed by atoms with van der Waals surface area (Å²) in [5.41, 5.74) is 11.5. The molecule has 4 aromatic heterocycles. The van der Waals surface area contributed by atoms with E-state index in [9.17, 15) is 28.8 Å². The second-order valence-electron chi connectivity index (χ2n) is 19.4. The number of halogens is 1. The van der Waals surface area contributed by atoms with Crippen LogP contribution in [-0.2, 0) is 67.9 Å². The summed E-state index contributed by atoms with van der Waals surface area (Å²) < 4.78 is 21.1. The fourth-order valence-corrected chi connectivity index (χ4v) is 12.9. The molecule has 4 aliphatic rings. The van der Waals surface area contributed by atoms with Crippen LogP contribution in [0.5, 0.6) is 0 Å². The van der Waals surface area contributed by atoms with Gasteiger partial charge in [0.05, 0.1) is 59.5 Å². The second-order valence-corrected chi connectivity index (χ2v) is 20.3. The molecule has 10 aromatic rings. The van der Waals surface area contributed by atoms with Gasteiger partial charge in [0.2, 0.25) is 11.8 Å². The second kappa shape index (κ2) is 15.6. The quantitative estimate of drug-likeness (QED) is 0.158. The maximum Gasteiger partial charge on any atom is 0.302 e. The lowest BCUT2D eigenvalue weighted by Crippen LogP contribution is -2.28. The average Bonchev–Trinajstić information content (AvgIpc) is 4.15. The summed E-state index contributed by atoms with van der Waals surface area (Å²) in [6.07, 6.45) is 0. The number of para-hydroxylation sites is 3. The highest BCUT2D eigenvalue weighted by molar-refractivity contribution is 9.10. The van der Waals surface area contributed by atoms with Gasteiger partial charge >= 0.3 is 11.9 Å². The topological polar surface area (TPSA) is 147 Å². The Bertz CT molecular complexity index is 4130. The number of amides is 4. The number of rotatable bonds is 4. The van der Waals surface area contributed by atoms with Crippen LogP contribution in [0.3, 0.4) is 0 Å². The summed E-state index contributed by atoms with van der Waals surface area (Å²) in [5, 5.41) is 7.98. The number of imide groups is 2. The van der Waals surface area contributed by atoms with Crippen molar-refractivity contribution in [2.75, 3.05) is 13.2 Å². The number of carbonyl (C=O) groups is 6. The summed E-state index contributed by atoms with van der Waals surface area (Å²) >= 11 is 3.62. The van der Waals surface area contributed by atoms with E-state index in [1.54, 1.807) is 0 Å². The number of benzene rings is 6. The lowest BCUT2D eigenvalue weighted by molar-refractivity contribution is -0.143. The maximum absolute atomic E-state index is 13.7. The summed E-state index contributed by atoms with van der Waals surface area (Å²) in [6.45, 7) is 9.62. The van der Waals surface area contributed by atoms with E-state index in [1.807, 2.05) is 42.5 Å². The molecule has 8 heterocycles. The van der Waals surface area contributed by atoms with Gasteiger partial charge < -0.3 is 27.7 Å². The molecule has 15 heteroatoms. The standard InChI is InChI=1S/C28H22BrN3O4.C28H23N3O4/c1-14(33)30-12-20-23-18-5-3-4-6-21(18)31-10-16(13-36-15(2)34)11-32-22-8-7-17(29)9-19(22)24(25(20)28(30)35)27(32)26(23)31;1-15(32)29-13-20-23-18-7-3-5-9-21(18)30-11-17(14-35-16(2)33)12-31-22-10-6-4-8-19(22)24(25(20)28(29)34)27(31)26(23)30/h3-9,16H,10-13H2,1-2H3;3-10,17H,11-14H2,1-2H3. The van der Waals surface area contributed by atoms with Gasteiger partial charge in [-0.2, -0.15) is 0 Å². The van der Waals surface area contributed by atoms with E-state index in [0.717, 1.165) is 103 Å². The minimum atomic E-state index is -0.292. The molecule has 0 aliphatic carbocycles. The Balaban J connectivity index is 0.000000139. The molecular formula is C56H45BrN6O8. The molecular weight excluding hydrogens is 965 g/mol. The van der Waals surface area contributed by atoms with E-state index in [2.05, 4.69) is 82.7 Å². The zero-order valence-corrected chi connectivity index (χ0v) is 40.9. The number of aromatic nitrogens is 4. The van der Waals surface area contributed by atoms with Crippen LogP contribution in [0.15, 0.2) is 95.5 Å². The minimum absolute atomic E-state index is 0.0435. The van der Waals surface area contributed by atoms with Crippen molar-refractivity contribution in [1.29, 1.82) is 0 Å². The number of ether oxygens (including phenoxy) is 2. The predicted molar refractivity (Wildman–Crippen MR) is 274 cm³/mol. The van der Waals surface area contributed by atoms with Gasteiger partial charge in [-0.05, 0) is 47.5 Å². The Hall–Kier alpha value is -7.78. The van der Waals surface area contributed by atoms with Crippen molar-refractivity contribution in [2.24, 2.45) is 11.8 Å². The normalized spacial score (nSPS) is 17.1. The first-order chi connectivity index (χ1) is 34.3. The molecule has 0 radical (unpaired) electrons. The number of nitrogens with zero attached hydrogens (tertiary/aromatic N) is 6. The third-order valence-corrected chi connectivity index (χ3v) is 15.7. The van der Waals surface area contributed by atoms with Crippen LogP contribution in [0.4, 0.5) is 0 Å². The number of hydrogen-bond donors (Lipinski definition) is 0. The third-order valence-electron chi connectivity index (χ3n) is 15.2. The molecule has 0 spiro atoms. The lowest BCUT2D eigenvalue weighted by Gasteiger charge is -2.17. The van der Waals surface area contributed by atoms with Gasteiger partial charge in [0.1, 0.15) is 0 Å². The average molecular weight is 1010 g/mol. The Morgan fingerprint density at radius 1 is 0.493 bits per heavy atom. The van der Waals surface area contributed by atoms with Crippen LogP contribution in [0.2, 0.25) is 0 Å². The Kier molecular flexibility index (Phi) is 9.51. The maximum atomic E-state index is 13.7. The van der Waals surface area contributed by atoms with Gasteiger partial charge in [-0.1, -0.05) is 70.5 Å². The number of hydrogen-bond acceptors (Lipinski definition) is 8. The Labute approximate surface area is 412 Å². The van der Waals surface area contributed by atoms with E-state index in [-0.39, 0.29) is 60.5 Å². The molecule has 4 aliphatic heterocycles. The smallest absolute Gasteiger partial charge is 0.302 e. The first-order valence-corrected chi connectivity index (χ1v) is 24.6. The van der Waals surface area contributed by atoms with E-state index in [4.69, 9.17) is 9.47 Å². The monoisotopic (exact) mass is 1010 g/mol. The van der Waals surface area contributed by atoms with E-state index >= 15 is 0 Å². The highest BCUT2D eigenvalue weighted by Gasteiger charge is 2.41. The van der Waals surface area contributed by atoms with Gasteiger partial charge in [0.15, 0.2) is 0 Å². The van der Waals surface area contributed by atoms with Gasteiger partial charge in [-0.15, -0.1) is 0 Å². The molecule has 71 heavy (non-hydrogen) atoms. The fourth-order valence-electron chi connectivity index (χ4n) is 12.5. The SMILES string of the molecule is CC(=O)OCC1Cn2c3ccccc3c3c4c(c5c6cc(Br)ccc6n(c5c32)C1)C(=O)N(C(C)=O)C4.CC(=O)OCC1Cn2c3ccccc3c3c4c(c5c6ccccc6n(c5c32)C1)C(=O)N(C(C)=O)C4. The van der Waals surface area contributed by atoms with Crippen molar-refractivity contribution >= 4 is 139 Å². The van der Waals surface area contributed by atoms with Crippen molar-refractivity contribution in [1.82, 2.24) is 28.1 Å². The Morgan fingerprint density at radius 2 is 0.845 bits per heavy atom. The molecule has 0 fully saturated rings. The summed E-state index contributed by atoms with van der Waals surface area (Å²) in [5.74, 6) is -1.44. The minimum Gasteiger partial charge on any atom is -0.465 e. The van der Waals surface area contributed by atoms with Crippen LogP contribution >= 0.6 is 15.9 Å². The van der Waals surface area contributed by atoms with Crippen molar-refractivity contribution < 1.29 is 38.2 Å². The summed E-state index contributed by atoms with van der Waals surface area (Å²) in [7, 11) is 0. The van der Waals surface area contributed by atoms with Gasteiger partial charge in [-0.25, -0.2) is 0 Å². The van der Waals surface area contributed by atoms with Crippen molar-refractivity contribution in [3.8, 4) is 0 Å². The molecule has 0 N–H and O–H groups in total. The molecule has 0 bridgehead atoms. The van der Waals surface area contributed by atoms with Crippen LogP contribution in [-0.4, -0.2) is 76.8 Å². The van der Waals surface area contributed by atoms with Crippen LogP contribution in [0.1, 0.15) is 59.5 Å². The zero-order chi connectivity index (χ0) is 48.9. The number of carbonyl (C=O) groups excluding carboxylic acids is 6.